The molecule has 0 radical (unpaired) electrons. The third-order valence-corrected chi connectivity index (χ3v) is 4.85. The van der Waals surface area contributed by atoms with E-state index in [-0.39, 0.29) is 17.2 Å². The van der Waals surface area contributed by atoms with Crippen LogP contribution >= 0.6 is 15.9 Å². The number of nitrogens with one attached hydrogen (secondary N) is 1. The second kappa shape index (κ2) is 11.0. The zero-order chi connectivity index (χ0) is 23.8. The van der Waals surface area contributed by atoms with Crippen LogP contribution in [0.25, 0.3) is 0 Å². The number of hydrazone groups is 1. The number of carbonyl (C=O) groups excluding carboxylic acids is 2. The highest BCUT2D eigenvalue weighted by atomic mass is 79.9. The molecular formula is C23H18BrN3O6. The van der Waals surface area contributed by atoms with Crippen LogP contribution in [0.15, 0.2) is 76.3 Å². The molecular weight excluding hydrogens is 494 g/mol. The molecule has 3 aromatic rings. The van der Waals surface area contributed by atoms with Crippen molar-refractivity contribution in [2.75, 3.05) is 6.61 Å². The minimum atomic E-state index is -0.627. The van der Waals surface area contributed by atoms with Crippen LogP contribution in [0, 0.1) is 17.0 Å². The largest absolute Gasteiger partial charge is 0.477 e. The SMILES string of the molecule is Cc1ccccc1C(=O)Oc1ccc(Br)cc1/C=N/NC(=O)COc1ccccc1[N+](=O)[O-]. The number of rotatable bonds is 8. The summed E-state index contributed by atoms with van der Waals surface area (Å²) in [6.07, 6.45) is 1.31. The molecule has 33 heavy (non-hydrogen) atoms. The molecule has 3 aromatic carbocycles. The first-order valence-electron chi connectivity index (χ1n) is 9.60. The average Bonchev–Trinajstić information content (AvgIpc) is 2.79. The fourth-order valence-corrected chi connectivity index (χ4v) is 3.13. The van der Waals surface area contributed by atoms with Crippen LogP contribution < -0.4 is 14.9 Å². The van der Waals surface area contributed by atoms with E-state index in [0.717, 1.165) is 5.56 Å². The number of carbonyl (C=O) groups is 2. The fraction of sp³-hybridized carbons (Fsp3) is 0.0870. The summed E-state index contributed by atoms with van der Waals surface area (Å²) >= 11 is 3.34. The van der Waals surface area contributed by atoms with Gasteiger partial charge in [-0.1, -0.05) is 46.3 Å². The monoisotopic (exact) mass is 511 g/mol. The number of hydrogen-bond donors (Lipinski definition) is 1. The Morgan fingerprint density at radius 2 is 1.82 bits per heavy atom. The van der Waals surface area contributed by atoms with E-state index in [1.807, 2.05) is 19.1 Å². The molecule has 9 nitrogen and oxygen atoms in total. The van der Waals surface area contributed by atoms with E-state index in [4.69, 9.17) is 9.47 Å². The molecule has 0 bridgehead atoms. The molecule has 0 aliphatic rings. The molecule has 0 aliphatic carbocycles. The molecule has 0 fully saturated rings. The van der Waals surface area contributed by atoms with Crippen LogP contribution in [0.2, 0.25) is 0 Å². The number of hydrogen-bond acceptors (Lipinski definition) is 7. The van der Waals surface area contributed by atoms with Gasteiger partial charge in [0, 0.05) is 16.1 Å². The van der Waals surface area contributed by atoms with Crippen LogP contribution in [-0.2, 0) is 4.79 Å². The van der Waals surface area contributed by atoms with Crippen LogP contribution in [0.3, 0.4) is 0 Å². The van der Waals surface area contributed by atoms with Gasteiger partial charge >= 0.3 is 11.7 Å². The molecule has 1 amide bonds. The molecule has 3 rings (SSSR count). The Balaban J connectivity index is 1.64. The van der Waals surface area contributed by atoms with Gasteiger partial charge in [-0.15, -0.1) is 0 Å². The van der Waals surface area contributed by atoms with Crippen molar-refractivity contribution >= 4 is 39.7 Å². The van der Waals surface area contributed by atoms with Gasteiger partial charge in [-0.3, -0.25) is 14.9 Å². The number of para-hydroxylation sites is 2. The maximum atomic E-state index is 12.5. The zero-order valence-electron chi connectivity index (χ0n) is 17.4. The normalized spacial score (nSPS) is 10.6. The number of ether oxygens (including phenoxy) is 2. The van der Waals surface area contributed by atoms with Gasteiger partial charge in [0.2, 0.25) is 0 Å². The molecule has 168 valence electrons. The number of nitro groups is 1. The Morgan fingerprint density at radius 3 is 2.58 bits per heavy atom. The number of nitro benzene ring substituents is 1. The van der Waals surface area contributed by atoms with Crippen molar-refractivity contribution in [2.45, 2.75) is 6.92 Å². The third-order valence-electron chi connectivity index (χ3n) is 4.35. The Kier molecular flexibility index (Phi) is 7.87. The molecule has 0 heterocycles. The van der Waals surface area contributed by atoms with E-state index in [2.05, 4.69) is 26.5 Å². The topological polar surface area (TPSA) is 120 Å². The van der Waals surface area contributed by atoms with Crippen LogP contribution in [0.1, 0.15) is 21.5 Å². The van der Waals surface area contributed by atoms with Gasteiger partial charge in [-0.2, -0.15) is 5.10 Å². The second-order valence-corrected chi connectivity index (χ2v) is 7.61. The molecule has 0 saturated carbocycles. The van der Waals surface area contributed by atoms with E-state index in [1.54, 1.807) is 36.4 Å². The molecule has 0 spiro atoms. The standard InChI is InChI=1S/C23H18BrN3O6/c1-15-6-2-3-7-18(15)23(29)33-20-11-10-17(24)12-16(20)13-25-26-22(28)14-32-21-9-5-4-8-19(21)27(30)31/h2-13H,14H2,1H3,(H,26,28)/b25-13+. The van der Waals surface area contributed by atoms with Crippen molar-refractivity contribution < 1.29 is 24.0 Å². The Hall–Kier alpha value is -4.05. The van der Waals surface area contributed by atoms with E-state index >= 15 is 0 Å². The Bertz CT molecular complexity index is 1230. The number of esters is 1. The lowest BCUT2D eigenvalue weighted by atomic mass is 10.1. The van der Waals surface area contributed by atoms with Crippen molar-refractivity contribution in [3.63, 3.8) is 0 Å². The second-order valence-electron chi connectivity index (χ2n) is 6.69. The molecule has 1 N–H and O–H groups in total. The number of halogens is 1. The lowest BCUT2D eigenvalue weighted by molar-refractivity contribution is -0.385. The van der Waals surface area contributed by atoms with E-state index in [9.17, 15) is 19.7 Å². The van der Waals surface area contributed by atoms with Crippen molar-refractivity contribution in [1.29, 1.82) is 0 Å². The van der Waals surface area contributed by atoms with Gasteiger partial charge in [-0.25, -0.2) is 10.2 Å². The highest BCUT2D eigenvalue weighted by Crippen LogP contribution is 2.26. The summed E-state index contributed by atoms with van der Waals surface area (Å²) in [5.74, 6) is -0.926. The Morgan fingerprint density at radius 1 is 1.09 bits per heavy atom. The molecule has 0 atom stereocenters. The van der Waals surface area contributed by atoms with Crippen LogP contribution in [0.4, 0.5) is 5.69 Å². The van der Waals surface area contributed by atoms with Gasteiger partial charge in [0.15, 0.2) is 12.4 Å². The number of amides is 1. The predicted molar refractivity (Wildman–Crippen MR) is 125 cm³/mol. The lowest BCUT2D eigenvalue weighted by Gasteiger charge is -2.09. The molecule has 10 heteroatoms. The number of benzene rings is 3. The molecule has 0 unspecified atom stereocenters. The minimum Gasteiger partial charge on any atom is -0.477 e. The van der Waals surface area contributed by atoms with E-state index < -0.39 is 23.4 Å². The Labute approximate surface area is 197 Å². The summed E-state index contributed by atoms with van der Waals surface area (Å²) in [4.78, 5) is 35.0. The van der Waals surface area contributed by atoms with Crippen LogP contribution in [-0.4, -0.2) is 29.6 Å². The van der Waals surface area contributed by atoms with Gasteiger partial charge in [0.25, 0.3) is 5.91 Å². The lowest BCUT2D eigenvalue weighted by Crippen LogP contribution is -2.24. The quantitative estimate of drug-likeness (QED) is 0.157. The van der Waals surface area contributed by atoms with Crippen molar-refractivity contribution in [1.82, 2.24) is 5.43 Å². The molecule has 0 aliphatic heterocycles. The third kappa shape index (κ3) is 6.47. The van der Waals surface area contributed by atoms with Crippen LogP contribution in [0.5, 0.6) is 11.5 Å². The summed E-state index contributed by atoms with van der Waals surface area (Å²) in [6.45, 7) is 1.33. The summed E-state index contributed by atoms with van der Waals surface area (Å²) in [5.41, 5.74) is 3.67. The predicted octanol–water partition coefficient (Wildman–Crippen LogP) is 4.41. The highest BCUT2D eigenvalue weighted by molar-refractivity contribution is 9.10. The van der Waals surface area contributed by atoms with Gasteiger partial charge in [0.05, 0.1) is 16.7 Å². The van der Waals surface area contributed by atoms with E-state index in [1.165, 1.54) is 24.4 Å². The molecule has 0 saturated heterocycles. The van der Waals surface area contributed by atoms with E-state index in [0.29, 0.717) is 15.6 Å². The summed E-state index contributed by atoms with van der Waals surface area (Å²) in [5, 5.41) is 14.9. The first kappa shape index (κ1) is 23.6. The first-order valence-corrected chi connectivity index (χ1v) is 10.4. The minimum absolute atomic E-state index is 0.0287. The maximum absolute atomic E-state index is 12.5. The van der Waals surface area contributed by atoms with Gasteiger partial charge in [0.1, 0.15) is 5.75 Å². The highest BCUT2D eigenvalue weighted by Gasteiger charge is 2.15. The zero-order valence-corrected chi connectivity index (χ0v) is 18.9. The van der Waals surface area contributed by atoms with Crippen molar-refractivity contribution in [3.8, 4) is 11.5 Å². The number of aryl methyl sites for hydroxylation is 1. The average molecular weight is 512 g/mol. The molecule has 0 aromatic heterocycles. The van der Waals surface area contributed by atoms with Crippen molar-refractivity contribution in [2.24, 2.45) is 5.10 Å². The summed E-state index contributed by atoms with van der Waals surface area (Å²) in [7, 11) is 0. The first-order chi connectivity index (χ1) is 15.8. The van der Waals surface area contributed by atoms with Gasteiger partial charge in [-0.05, 0) is 42.8 Å². The summed E-state index contributed by atoms with van der Waals surface area (Å²) < 4.78 is 11.4. The van der Waals surface area contributed by atoms with Crippen molar-refractivity contribution in [3.05, 3.63) is 98.0 Å². The fourth-order valence-electron chi connectivity index (χ4n) is 2.75. The number of nitrogens with zero attached hydrogens (tertiary/aromatic N) is 2. The summed E-state index contributed by atoms with van der Waals surface area (Å²) in [6, 6.07) is 17.7. The van der Waals surface area contributed by atoms with Gasteiger partial charge < -0.3 is 9.47 Å². The smallest absolute Gasteiger partial charge is 0.343 e. The maximum Gasteiger partial charge on any atom is 0.343 e.